The molecule has 0 aromatic heterocycles. The van der Waals surface area contributed by atoms with E-state index in [0.717, 1.165) is 5.75 Å². The Bertz CT molecular complexity index is 593. The van der Waals surface area contributed by atoms with Gasteiger partial charge >= 0.3 is 39.7 Å². The largest absolute Gasteiger partial charge is 1.00 e. The van der Waals surface area contributed by atoms with Gasteiger partial charge in [0.15, 0.2) is 0 Å². The van der Waals surface area contributed by atoms with E-state index in [1.54, 1.807) is 37.4 Å². The number of hydrogen-bond acceptors (Lipinski definition) is 4. The van der Waals surface area contributed by atoms with E-state index in [9.17, 15) is 8.42 Å². The van der Waals surface area contributed by atoms with Crippen LogP contribution in [0.1, 0.15) is 1.43 Å². The van der Waals surface area contributed by atoms with Crippen LogP contribution in [0.5, 0.6) is 11.5 Å². The number of ether oxygens (including phenoxy) is 2. The van der Waals surface area contributed by atoms with Crippen LogP contribution in [-0.4, -0.2) is 26.0 Å². The summed E-state index contributed by atoms with van der Waals surface area (Å²) in [6.45, 7) is 0. The predicted molar refractivity (Wildman–Crippen MR) is 77.6 cm³/mol. The Morgan fingerprint density at radius 1 is 0.952 bits per heavy atom. The molecule has 0 fully saturated rings. The summed E-state index contributed by atoms with van der Waals surface area (Å²) in [5.41, 5.74) is 0. The first-order chi connectivity index (χ1) is 9.51. The summed E-state index contributed by atoms with van der Waals surface area (Å²) in [7, 11) is -2.38. The first kappa shape index (κ1) is 19.9. The third-order valence-electron chi connectivity index (χ3n) is 2.10. The molecule has 0 saturated carbocycles. The summed E-state index contributed by atoms with van der Waals surface area (Å²) in [4.78, 5) is 0. The molecule has 0 saturated heterocycles. The molecular formula is C14H17NaO5S. The molecule has 1 N–H and O–H groups in total. The van der Waals surface area contributed by atoms with Crippen molar-refractivity contribution in [3.63, 3.8) is 0 Å². The van der Waals surface area contributed by atoms with E-state index in [1.807, 2.05) is 30.3 Å². The van der Waals surface area contributed by atoms with Crippen molar-refractivity contribution in [3.05, 3.63) is 60.7 Å². The van der Waals surface area contributed by atoms with Crippen molar-refractivity contribution in [2.24, 2.45) is 0 Å². The molecule has 0 radical (unpaired) electrons. The van der Waals surface area contributed by atoms with Crippen LogP contribution in [0.2, 0.25) is 0 Å². The Morgan fingerprint density at radius 3 is 1.71 bits per heavy atom. The molecule has 110 valence electrons. The van der Waals surface area contributed by atoms with Gasteiger partial charge < -0.3 is 10.9 Å². The van der Waals surface area contributed by atoms with Crippen LogP contribution in [0.25, 0.3) is 0 Å². The zero-order valence-corrected chi connectivity index (χ0v) is 14.8. The second-order valence-corrected chi connectivity index (χ2v) is 5.07. The maximum absolute atomic E-state index is 10.2. The van der Waals surface area contributed by atoms with E-state index in [2.05, 4.69) is 0 Å². The zero-order chi connectivity index (χ0) is 14.8. The van der Waals surface area contributed by atoms with Gasteiger partial charge in [-0.05, 0) is 24.3 Å². The van der Waals surface area contributed by atoms with Gasteiger partial charge in [0.2, 0.25) is 5.94 Å². The maximum Gasteiger partial charge on any atom is 1.00 e. The van der Waals surface area contributed by atoms with Crippen molar-refractivity contribution in [3.8, 4) is 11.5 Å². The van der Waals surface area contributed by atoms with Crippen molar-refractivity contribution >= 4 is 10.1 Å². The second kappa shape index (κ2) is 10.6. The molecule has 7 heteroatoms. The van der Waals surface area contributed by atoms with Crippen LogP contribution < -0.4 is 39.0 Å². The molecule has 0 heterocycles. The molecule has 2 aromatic rings. The van der Waals surface area contributed by atoms with Crippen LogP contribution in [0.15, 0.2) is 60.7 Å². The molecule has 0 atom stereocenters. The molecule has 0 aliphatic carbocycles. The van der Waals surface area contributed by atoms with Gasteiger partial charge in [-0.25, -0.2) is 0 Å². The van der Waals surface area contributed by atoms with E-state index in [-0.39, 0.29) is 31.0 Å². The van der Waals surface area contributed by atoms with Gasteiger partial charge in [0.1, 0.15) is 11.5 Å². The van der Waals surface area contributed by atoms with Crippen LogP contribution in [0.4, 0.5) is 0 Å². The van der Waals surface area contributed by atoms with Crippen molar-refractivity contribution in [2.45, 2.75) is 0 Å². The molecule has 0 aliphatic rings. The summed E-state index contributed by atoms with van der Waals surface area (Å²) in [6, 6.07) is 18.1. The van der Waals surface area contributed by atoms with Crippen LogP contribution in [0, 0.1) is 0 Å². The smallest absolute Gasteiger partial charge is 1.00 e. The Hall–Kier alpha value is -1.05. The molecule has 21 heavy (non-hydrogen) atoms. The van der Waals surface area contributed by atoms with Gasteiger partial charge in [0.25, 0.3) is 0 Å². The van der Waals surface area contributed by atoms with E-state index in [4.69, 9.17) is 14.0 Å². The molecule has 0 spiro atoms. The first-order valence-electron chi connectivity index (χ1n) is 5.73. The summed E-state index contributed by atoms with van der Waals surface area (Å²) in [5, 5.41) is 0. The standard InChI is InChI=1S/C7H8O4S.C7H8O.Na.H/c8-12(9,10)6-11-7-4-2-1-3-5-7;1-8-7-5-3-2-4-6-7;;/h1-5H,6H2,(H,8,9,10);2-6H,1H3;;/q;;+1;-1. The molecular weight excluding hydrogens is 303 g/mol. The maximum atomic E-state index is 10.2. The molecule has 0 bridgehead atoms. The summed E-state index contributed by atoms with van der Waals surface area (Å²) >= 11 is 0. The molecule has 0 unspecified atom stereocenters. The fourth-order valence-corrected chi connectivity index (χ4v) is 1.50. The summed E-state index contributed by atoms with van der Waals surface area (Å²) in [6.07, 6.45) is 0. The Balaban J connectivity index is 0. The van der Waals surface area contributed by atoms with Crippen molar-refractivity contribution in [1.29, 1.82) is 0 Å². The molecule has 0 amide bonds. The van der Waals surface area contributed by atoms with Crippen molar-refractivity contribution in [2.75, 3.05) is 13.0 Å². The average molecular weight is 320 g/mol. The quantitative estimate of drug-likeness (QED) is 0.620. The Morgan fingerprint density at radius 2 is 1.38 bits per heavy atom. The van der Waals surface area contributed by atoms with E-state index in [0.29, 0.717) is 5.75 Å². The normalized spacial score (nSPS) is 9.62. The number of rotatable bonds is 4. The Labute approximate surface area is 148 Å². The van der Waals surface area contributed by atoms with Gasteiger partial charge in [-0.2, -0.15) is 8.42 Å². The second-order valence-electron chi connectivity index (χ2n) is 3.67. The fourth-order valence-electron chi connectivity index (χ4n) is 1.22. The Kier molecular flexibility index (Phi) is 10.1. The molecule has 0 aliphatic heterocycles. The minimum absolute atomic E-state index is 0. The van der Waals surface area contributed by atoms with Gasteiger partial charge in [0.05, 0.1) is 7.11 Å². The third kappa shape index (κ3) is 10.3. The molecule has 2 aromatic carbocycles. The minimum atomic E-state index is -4.04. The average Bonchev–Trinajstić information content (AvgIpc) is 2.47. The van der Waals surface area contributed by atoms with Crippen molar-refractivity contribution in [1.82, 2.24) is 0 Å². The SMILES string of the molecule is COc1ccccc1.O=S(=O)(O)COc1ccccc1.[H-].[Na+]. The minimum Gasteiger partial charge on any atom is -1.00 e. The third-order valence-corrected chi connectivity index (χ3v) is 2.51. The number of hydrogen-bond donors (Lipinski definition) is 1. The van der Waals surface area contributed by atoms with E-state index in [1.165, 1.54) is 0 Å². The monoisotopic (exact) mass is 320 g/mol. The van der Waals surface area contributed by atoms with Gasteiger partial charge in [-0.3, -0.25) is 4.55 Å². The fraction of sp³-hybridized carbons (Fsp3) is 0.143. The molecule has 2 rings (SSSR count). The van der Waals surface area contributed by atoms with Gasteiger partial charge in [-0.15, -0.1) is 0 Å². The summed E-state index contributed by atoms with van der Waals surface area (Å²) in [5.74, 6) is 0.611. The van der Waals surface area contributed by atoms with Gasteiger partial charge in [0, 0.05) is 0 Å². The number of benzene rings is 2. The zero-order valence-electron chi connectivity index (χ0n) is 13.0. The van der Waals surface area contributed by atoms with Crippen molar-refractivity contribution < 1.29 is 53.4 Å². The van der Waals surface area contributed by atoms with E-state index < -0.39 is 16.1 Å². The van der Waals surface area contributed by atoms with Gasteiger partial charge in [-0.1, -0.05) is 36.4 Å². The predicted octanol–water partition coefficient (Wildman–Crippen LogP) is -0.278. The van der Waals surface area contributed by atoms with Crippen LogP contribution in [0.3, 0.4) is 0 Å². The van der Waals surface area contributed by atoms with Crippen LogP contribution >= 0.6 is 0 Å². The first-order valence-corrected chi connectivity index (χ1v) is 7.34. The number of methoxy groups -OCH3 is 1. The van der Waals surface area contributed by atoms with Crippen LogP contribution in [-0.2, 0) is 10.1 Å². The summed E-state index contributed by atoms with van der Waals surface area (Å²) < 4.78 is 38.4. The number of para-hydroxylation sites is 2. The van der Waals surface area contributed by atoms with E-state index >= 15 is 0 Å². The topological polar surface area (TPSA) is 72.8 Å². The molecule has 5 nitrogen and oxygen atoms in total.